The van der Waals surface area contributed by atoms with E-state index in [1.54, 1.807) is 12.1 Å². The number of halogens is 3. The van der Waals surface area contributed by atoms with Gasteiger partial charge in [-0.15, -0.1) is 0 Å². The Morgan fingerprint density at radius 1 is 1.00 bits per heavy atom. The molecule has 138 valence electrons. The number of benzene rings is 2. The molecule has 5 nitrogen and oxygen atoms in total. The molecular weight excluding hydrogens is 386 g/mol. The fraction of sp³-hybridized carbons (Fsp3) is 0.235. The lowest BCUT2D eigenvalue weighted by Crippen LogP contribution is -2.50. The average molecular weight is 401 g/mol. The predicted molar refractivity (Wildman–Crippen MR) is 92.5 cm³/mol. The smallest absolute Gasteiger partial charge is 0.256 e. The SMILES string of the molecule is O=C(c1ccc(F)cc1F)N1CCN(S(=O)(=O)c2ccccc2Cl)CC1. The van der Waals surface area contributed by atoms with E-state index < -0.39 is 27.6 Å². The lowest BCUT2D eigenvalue weighted by molar-refractivity contribution is 0.0693. The van der Waals surface area contributed by atoms with Crippen molar-refractivity contribution in [2.24, 2.45) is 0 Å². The fourth-order valence-electron chi connectivity index (χ4n) is 2.76. The second kappa shape index (κ2) is 7.30. The third-order valence-electron chi connectivity index (χ3n) is 4.14. The molecule has 0 N–H and O–H groups in total. The molecule has 26 heavy (non-hydrogen) atoms. The van der Waals surface area contributed by atoms with E-state index in [1.165, 1.54) is 21.3 Å². The number of amides is 1. The molecule has 0 bridgehead atoms. The third-order valence-corrected chi connectivity index (χ3v) is 6.54. The van der Waals surface area contributed by atoms with E-state index in [0.717, 1.165) is 12.1 Å². The Morgan fingerprint density at radius 3 is 2.27 bits per heavy atom. The predicted octanol–water partition coefficient (Wildman–Crippen LogP) is 2.76. The standard InChI is InChI=1S/C17H15ClF2N2O3S/c18-14-3-1-2-4-16(14)26(24,25)22-9-7-21(8-10-22)17(23)13-6-5-12(19)11-15(13)20/h1-6,11H,7-10H2. The minimum atomic E-state index is -3.78. The molecule has 0 aliphatic carbocycles. The molecule has 3 rings (SSSR count). The first-order valence-electron chi connectivity index (χ1n) is 7.80. The van der Waals surface area contributed by atoms with Crippen molar-refractivity contribution in [1.29, 1.82) is 0 Å². The van der Waals surface area contributed by atoms with Crippen LogP contribution >= 0.6 is 11.6 Å². The summed E-state index contributed by atoms with van der Waals surface area (Å²) in [5, 5.41) is 0.124. The van der Waals surface area contributed by atoms with Crippen LogP contribution in [-0.4, -0.2) is 49.7 Å². The zero-order valence-electron chi connectivity index (χ0n) is 13.5. The lowest BCUT2D eigenvalue weighted by atomic mass is 10.1. The van der Waals surface area contributed by atoms with Gasteiger partial charge in [-0.1, -0.05) is 23.7 Å². The van der Waals surface area contributed by atoms with Gasteiger partial charge < -0.3 is 4.90 Å². The van der Waals surface area contributed by atoms with Crippen LogP contribution in [0.2, 0.25) is 5.02 Å². The van der Waals surface area contributed by atoms with Crippen LogP contribution in [0.15, 0.2) is 47.4 Å². The van der Waals surface area contributed by atoms with Gasteiger partial charge in [0.05, 0.1) is 10.6 Å². The second-order valence-electron chi connectivity index (χ2n) is 5.75. The molecule has 0 unspecified atom stereocenters. The van der Waals surface area contributed by atoms with Gasteiger partial charge in [0.1, 0.15) is 16.5 Å². The van der Waals surface area contributed by atoms with Crippen molar-refractivity contribution >= 4 is 27.5 Å². The summed E-state index contributed by atoms with van der Waals surface area (Å²) in [6.07, 6.45) is 0. The Labute approximate surface area is 154 Å². The van der Waals surface area contributed by atoms with Crippen LogP contribution in [0.25, 0.3) is 0 Å². The van der Waals surface area contributed by atoms with Crippen LogP contribution in [0.3, 0.4) is 0 Å². The minimum Gasteiger partial charge on any atom is -0.336 e. The molecule has 1 heterocycles. The van der Waals surface area contributed by atoms with Gasteiger partial charge in [0.25, 0.3) is 5.91 Å². The van der Waals surface area contributed by atoms with Gasteiger partial charge in [-0.2, -0.15) is 4.31 Å². The van der Waals surface area contributed by atoms with E-state index in [9.17, 15) is 22.0 Å². The van der Waals surface area contributed by atoms with Crippen LogP contribution in [0, 0.1) is 11.6 Å². The monoisotopic (exact) mass is 400 g/mol. The molecule has 2 aromatic carbocycles. The molecule has 0 aromatic heterocycles. The summed E-state index contributed by atoms with van der Waals surface area (Å²) < 4.78 is 53.4. The number of carbonyl (C=O) groups excluding carboxylic acids is 1. The molecule has 1 amide bonds. The minimum absolute atomic E-state index is 0.00558. The molecule has 0 spiro atoms. The molecular formula is C17H15ClF2N2O3S. The molecule has 0 radical (unpaired) electrons. The number of hydrogen-bond acceptors (Lipinski definition) is 3. The molecule has 1 aliphatic rings. The highest BCUT2D eigenvalue weighted by atomic mass is 35.5. The summed E-state index contributed by atoms with van der Waals surface area (Å²) in [5.74, 6) is -2.31. The average Bonchev–Trinajstić information content (AvgIpc) is 2.61. The number of carbonyl (C=O) groups is 1. The zero-order valence-corrected chi connectivity index (χ0v) is 15.1. The maximum atomic E-state index is 13.8. The van der Waals surface area contributed by atoms with E-state index in [0.29, 0.717) is 6.07 Å². The van der Waals surface area contributed by atoms with Gasteiger partial charge in [0.15, 0.2) is 0 Å². The summed E-state index contributed by atoms with van der Waals surface area (Å²) >= 11 is 5.97. The molecule has 0 atom stereocenters. The van der Waals surface area contributed by atoms with E-state index in [-0.39, 0.29) is 41.7 Å². The highest BCUT2D eigenvalue weighted by Crippen LogP contribution is 2.25. The van der Waals surface area contributed by atoms with Crippen LogP contribution < -0.4 is 0 Å². The van der Waals surface area contributed by atoms with Gasteiger partial charge in [0, 0.05) is 32.2 Å². The van der Waals surface area contributed by atoms with Gasteiger partial charge in [-0.25, -0.2) is 17.2 Å². The maximum absolute atomic E-state index is 13.8. The number of rotatable bonds is 3. The van der Waals surface area contributed by atoms with Crippen molar-refractivity contribution in [1.82, 2.24) is 9.21 Å². The molecule has 2 aromatic rings. The summed E-state index contributed by atoms with van der Waals surface area (Å²) in [7, 11) is -3.78. The molecule has 1 saturated heterocycles. The molecule has 1 aliphatic heterocycles. The Kier molecular flexibility index (Phi) is 5.27. The Morgan fingerprint density at radius 2 is 1.65 bits per heavy atom. The van der Waals surface area contributed by atoms with Gasteiger partial charge >= 0.3 is 0 Å². The largest absolute Gasteiger partial charge is 0.336 e. The van der Waals surface area contributed by atoms with Crippen molar-refractivity contribution in [2.75, 3.05) is 26.2 Å². The first-order chi connectivity index (χ1) is 12.3. The Bertz CT molecular complexity index is 945. The normalized spacial score (nSPS) is 15.9. The molecule has 1 fully saturated rings. The first kappa shape index (κ1) is 18.8. The topological polar surface area (TPSA) is 57.7 Å². The summed E-state index contributed by atoms with van der Waals surface area (Å²) in [5.41, 5.74) is -0.242. The number of hydrogen-bond donors (Lipinski definition) is 0. The zero-order chi connectivity index (χ0) is 18.9. The maximum Gasteiger partial charge on any atom is 0.256 e. The second-order valence-corrected chi connectivity index (χ2v) is 8.06. The molecule has 0 saturated carbocycles. The van der Waals surface area contributed by atoms with Crippen LogP contribution in [0.4, 0.5) is 8.78 Å². The van der Waals surface area contributed by atoms with E-state index in [1.807, 2.05) is 0 Å². The van der Waals surface area contributed by atoms with Crippen molar-refractivity contribution in [3.05, 3.63) is 64.7 Å². The van der Waals surface area contributed by atoms with Crippen molar-refractivity contribution < 1.29 is 22.0 Å². The highest BCUT2D eigenvalue weighted by molar-refractivity contribution is 7.89. The Hall–Kier alpha value is -2.03. The summed E-state index contributed by atoms with van der Waals surface area (Å²) in [4.78, 5) is 13.7. The highest BCUT2D eigenvalue weighted by Gasteiger charge is 2.32. The van der Waals surface area contributed by atoms with Crippen molar-refractivity contribution in [2.45, 2.75) is 4.90 Å². The number of nitrogens with zero attached hydrogens (tertiary/aromatic N) is 2. The summed E-state index contributed by atoms with van der Waals surface area (Å²) in [6.45, 7) is 0.308. The Balaban J connectivity index is 1.73. The quantitative estimate of drug-likeness (QED) is 0.796. The van der Waals surface area contributed by atoms with E-state index >= 15 is 0 Å². The van der Waals surface area contributed by atoms with Crippen molar-refractivity contribution in [3.8, 4) is 0 Å². The van der Waals surface area contributed by atoms with E-state index in [4.69, 9.17) is 11.6 Å². The molecule has 9 heteroatoms. The van der Waals surface area contributed by atoms with Crippen LogP contribution in [0.5, 0.6) is 0 Å². The third kappa shape index (κ3) is 3.58. The number of piperazine rings is 1. The van der Waals surface area contributed by atoms with E-state index in [2.05, 4.69) is 0 Å². The van der Waals surface area contributed by atoms with Crippen LogP contribution in [0.1, 0.15) is 10.4 Å². The fourth-order valence-corrected chi connectivity index (χ4v) is 4.67. The van der Waals surface area contributed by atoms with Crippen LogP contribution in [-0.2, 0) is 10.0 Å². The summed E-state index contributed by atoms with van der Waals surface area (Å²) in [6, 6.07) is 8.86. The van der Waals surface area contributed by atoms with Gasteiger partial charge in [-0.05, 0) is 24.3 Å². The van der Waals surface area contributed by atoms with Gasteiger partial charge in [0.2, 0.25) is 10.0 Å². The van der Waals surface area contributed by atoms with Gasteiger partial charge in [-0.3, -0.25) is 4.79 Å². The lowest BCUT2D eigenvalue weighted by Gasteiger charge is -2.34. The number of sulfonamides is 1. The first-order valence-corrected chi connectivity index (χ1v) is 9.61. The van der Waals surface area contributed by atoms with Crippen molar-refractivity contribution in [3.63, 3.8) is 0 Å².